The maximum Gasteiger partial charge on any atom is 0.232 e. The number of anilines is 2. The van der Waals surface area contributed by atoms with Crippen molar-refractivity contribution in [2.24, 2.45) is 0 Å². The van der Waals surface area contributed by atoms with Crippen molar-refractivity contribution in [3.8, 4) is 5.75 Å². The van der Waals surface area contributed by atoms with Gasteiger partial charge in [-0.25, -0.2) is 0 Å². The van der Waals surface area contributed by atoms with E-state index in [4.69, 9.17) is 0 Å². The molecule has 0 saturated heterocycles. The number of amides is 2. The van der Waals surface area contributed by atoms with Crippen molar-refractivity contribution in [3.63, 3.8) is 0 Å². The Morgan fingerprint density at radius 3 is 2.00 bits per heavy atom. The highest BCUT2D eigenvalue weighted by atomic mass is 32.1. The van der Waals surface area contributed by atoms with Gasteiger partial charge in [0, 0.05) is 12.8 Å². The van der Waals surface area contributed by atoms with Crippen LogP contribution in [0.1, 0.15) is 34.1 Å². The summed E-state index contributed by atoms with van der Waals surface area (Å²) in [6.45, 7) is 0. The second-order valence-electron chi connectivity index (χ2n) is 7.29. The van der Waals surface area contributed by atoms with Gasteiger partial charge in [0.05, 0.1) is 12.8 Å². The van der Waals surface area contributed by atoms with Gasteiger partial charge in [-0.1, -0.05) is 58.2 Å². The summed E-state index contributed by atoms with van der Waals surface area (Å²) in [5, 5.41) is 37.3. The zero-order valence-corrected chi connectivity index (χ0v) is 19.6. The molecule has 0 aliphatic carbocycles. The van der Waals surface area contributed by atoms with Gasteiger partial charge in [0.15, 0.2) is 12.0 Å². The third-order valence-electron chi connectivity index (χ3n) is 4.62. The second kappa shape index (κ2) is 11.4. The molecule has 11 nitrogen and oxygen atoms in total. The molecule has 0 aliphatic rings. The Kier molecular flexibility index (Phi) is 7.88. The molecule has 0 spiro atoms. The average Bonchev–Trinajstić information content (AvgIpc) is 3.55. The Balaban J connectivity index is 1.15. The number of carbonyl (C=O) groups excluding carboxylic acids is 2. The highest BCUT2D eigenvalue weighted by molar-refractivity contribution is 7.15. The van der Waals surface area contributed by atoms with Crippen molar-refractivity contribution < 1.29 is 19.2 Å². The smallest absolute Gasteiger partial charge is 0.232 e. The second-order valence-corrected chi connectivity index (χ2v) is 9.42. The highest BCUT2D eigenvalue weighted by Gasteiger charge is 2.14. The molecule has 0 unspecified atom stereocenters. The van der Waals surface area contributed by atoms with Crippen LogP contribution in [0.2, 0.25) is 0 Å². The maximum atomic E-state index is 12.1. The van der Waals surface area contributed by atoms with Crippen molar-refractivity contribution in [1.29, 1.82) is 0 Å². The number of hydrogen-bond acceptors (Lipinski definition) is 11. The molecule has 0 atom stereocenters. The summed E-state index contributed by atoms with van der Waals surface area (Å²) < 4.78 is 4.60. The largest absolute Gasteiger partial charge is 0.503 e. The topological polar surface area (TPSA) is 156 Å². The molecule has 0 aliphatic heterocycles. The number of aryl methyl sites for hydroxylation is 2. The number of nitrogens with one attached hydrogen (secondary N) is 2. The first-order chi connectivity index (χ1) is 16.5. The fourth-order valence-corrected chi connectivity index (χ4v) is 4.60. The summed E-state index contributed by atoms with van der Waals surface area (Å²) in [7, 11) is 0. The zero-order chi connectivity index (χ0) is 23.8. The highest BCUT2D eigenvalue weighted by Crippen LogP contribution is 2.21. The fourth-order valence-electron chi connectivity index (χ4n) is 3.00. The van der Waals surface area contributed by atoms with E-state index in [0.29, 0.717) is 16.7 Å². The number of unbranched alkanes of at least 4 members (excludes halogenated alkanes) is 1. The van der Waals surface area contributed by atoms with Crippen LogP contribution in [-0.2, 0) is 35.3 Å². The van der Waals surface area contributed by atoms with Gasteiger partial charge >= 0.3 is 0 Å². The molecule has 3 N–H and O–H groups in total. The molecule has 0 radical (unpaired) electrons. The number of rotatable bonds is 11. The molecule has 13 heteroatoms. The lowest BCUT2D eigenvalue weighted by Gasteiger charge is -2.00. The first-order valence-electron chi connectivity index (χ1n) is 10.5. The Morgan fingerprint density at radius 2 is 1.44 bits per heavy atom. The minimum absolute atomic E-state index is 0.117. The summed E-state index contributed by atoms with van der Waals surface area (Å²) >= 11 is 2.68. The molecule has 2 amide bonds. The minimum Gasteiger partial charge on any atom is -0.503 e. The van der Waals surface area contributed by atoms with Crippen molar-refractivity contribution in [2.45, 2.75) is 38.5 Å². The Hall–Kier alpha value is -3.71. The number of nitrogens with zero attached hydrogens (tertiary/aromatic N) is 5. The SMILES string of the molecule is O=C(Cc1ccccc1)Nc1nnc(CCCCc2nnc(NC(=O)Cc3nocc3O)s2)s1. The normalized spacial score (nSPS) is 10.8. The van der Waals surface area contributed by atoms with E-state index in [2.05, 4.69) is 40.7 Å². The Bertz CT molecular complexity index is 1240. The molecule has 0 fully saturated rings. The first kappa shape index (κ1) is 23.4. The molecule has 4 rings (SSSR count). The molecule has 34 heavy (non-hydrogen) atoms. The summed E-state index contributed by atoms with van der Waals surface area (Å²) in [6.07, 6.45) is 4.45. The van der Waals surface area contributed by atoms with E-state index in [-0.39, 0.29) is 29.7 Å². The van der Waals surface area contributed by atoms with E-state index in [9.17, 15) is 14.7 Å². The summed E-state index contributed by atoms with van der Waals surface area (Å²) in [6, 6.07) is 9.53. The zero-order valence-electron chi connectivity index (χ0n) is 17.9. The number of aromatic nitrogens is 5. The average molecular weight is 500 g/mol. The van der Waals surface area contributed by atoms with Crippen molar-refractivity contribution >= 4 is 44.8 Å². The van der Waals surface area contributed by atoms with Crippen LogP contribution in [0, 0.1) is 0 Å². The summed E-state index contributed by atoms with van der Waals surface area (Å²) in [5.41, 5.74) is 1.11. The molecule has 1 aromatic carbocycles. The number of benzene rings is 1. The van der Waals surface area contributed by atoms with Crippen LogP contribution >= 0.6 is 22.7 Å². The van der Waals surface area contributed by atoms with Crippen LogP contribution in [0.25, 0.3) is 0 Å². The minimum atomic E-state index is -0.366. The van der Waals surface area contributed by atoms with Crippen LogP contribution in [0.4, 0.5) is 10.3 Å². The van der Waals surface area contributed by atoms with E-state index in [1.54, 1.807) is 0 Å². The predicted octanol–water partition coefficient (Wildman–Crippen LogP) is 3.01. The van der Waals surface area contributed by atoms with Gasteiger partial charge in [0.25, 0.3) is 0 Å². The van der Waals surface area contributed by atoms with Crippen LogP contribution in [-0.4, -0.2) is 42.5 Å². The first-order valence-corrected chi connectivity index (χ1v) is 12.1. The third kappa shape index (κ3) is 6.89. The molecule has 4 aromatic rings. The lowest BCUT2D eigenvalue weighted by Crippen LogP contribution is -2.14. The third-order valence-corrected chi connectivity index (χ3v) is 6.41. The number of carbonyl (C=O) groups is 2. The van der Waals surface area contributed by atoms with Gasteiger partial charge in [-0.05, 0) is 18.4 Å². The van der Waals surface area contributed by atoms with Crippen LogP contribution in [0.15, 0.2) is 41.1 Å². The lowest BCUT2D eigenvalue weighted by atomic mass is 10.1. The van der Waals surface area contributed by atoms with Gasteiger partial charge < -0.3 is 20.3 Å². The van der Waals surface area contributed by atoms with Gasteiger partial charge in [-0.3, -0.25) is 9.59 Å². The van der Waals surface area contributed by atoms with E-state index >= 15 is 0 Å². The maximum absolute atomic E-state index is 12.1. The van der Waals surface area contributed by atoms with Crippen LogP contribution < -0.4 is 10.6 Å². The molecule has 0 saturated carbocycles. The van der Waals surface area contributed by atoms with E-state index in [1.165, 1.54) is 22.7 Å². The number of aromatic hydroxyl groups is 1. The number of hydrogen-bond donors (Lipinski definition) is 3. The van der Waals surface area contributed by atoms with Crippen LogP contribution in [0.5, 0.6) is 5.75 Å². The van der Waals surface area contributed by atoms with E-state index in [1.807, 2.05) is 30.3 Å². The lowest BCUT2D eigenvalue weighted by molar-refractivity contribution is -0.116. The monoisotopic (exact) mass is 499 g/mol. The van der Waals surface area contributed by atoms with Crippen molar-refractivity contribution in [1.82, 2.24) is 25.6 Å². The van der Waals surface area contributed by atoms with Gasteiger partial charge in [-0.2, -0.15) is 0 Å². The molecule has 3 aromatic heterocycles. The summed E-state index contributed by atoms with van der Waals surface area (Å²) in [5.74, 6) is -0.647. The summed E-state index contributed by atoms with van der Waals surface area (Å²) in [4.78, 5) is 24.2. The van der Waals surface area contributed by atoms with Crippen molar-refractivity contribution in [3.05, 3.63) is 57.9 Å². The quantitative estimate of drug-likeness (QED) is 0.264. The molecule has 3 heterocycles. The molecular formula is C21H21N7O4S2. The standard InChI is InChI=1S/C21H21N7O4S2/c29-15-12-32-28-14(15)11-17(31)23-21-27-25-19(34-21)9-5-4-8-18-24-26-20(33-18)22-16(30)10-13-6-2-1-3-7-13/h1-3,6-7,12,29H,4-5,8-11H2,(H,22,26,30)(H,23,27,31). The molecule has 176 valence electrons. The Morgan fingerprint density at radius 1 is 0.853 bits per heavy atom. The van der Waals surface area contributed by atoms with Gasteiger partial charge in [0.1, 0.15) is 15.7 Å². The van der Waals surface area contributed by atoms with E-state index < -0.39 is 0 Å². The fraction of sp³-hybridized carbons (Fsp3) is 0.286. The van der Waals surface area contributed by atoms with Crippen molar-refractivity contribution in [2.75, 3.05) is 10.6 Å². The molecule has 0 bridgehead atoms. The van der Waals surface area contributed by atoms with Gasteiger partial charge in [0.2, 0.25) is 22.1 Å². The predicted molar refractivity (Wildman–Crippen MR) is 126 cm³/mol. The van der Waals surface area contributed by atoms with E-state index in [0.717, 1.165) is 47.5 Å². The molecular weight excluding hydrogens is 478 g/mol. The Labute approximate surface area is 202 Å². The van der Waals surface area contributed by atoms with Crippen LogP contribution in [0.3, 0.4) is 0 Å². The van der Waals surface area contributed by atoms with Gasteiger partial charge in [-0.15, -0.1) is 20.4 Å².